The van der Waals surface area contributed by atoms with E-state index in [1.165, 1.54) is 0 Å². The Morgan fingerprint density at radius 2 is 1.76 bits per heavy atom. The SMILES string of the molecule is Cc1ccc(OCC(=O)NCC(=O)NCC(=O)O)c(C)c1. The highest BCUT2D eigenvalue weighted by Gasteiger charge is 2.08. The molecule has 2 amide bonds. The monoisotopic (exact) mass is 294 g/mol. The van der Waals surface area contributed by atoms with Crippen LogP contribution in [0, 0.1) is 13.8 Å². The lowest BCUT2D eigenvalue weighted by Crippen LogP contribution is -2.40. The van der Waals surface area contributed by atoms with Crippen molar-refractivity contribution in [2.45, 2.75) is 13.8 Å². The molecule has 0 aliphatic heterocycles. The molecule has 1 rings (SSSR count). The molecule has 0 saturated heterocycles. The minimum atomic E-state index is -1.15. The molecule has 0 fully saturated rings. The summed E-state index contributed by atoms with van der Waals surface area (Å²) < 4.78 is 5.35. The van der Waals surface area contributed by atoms with Crippen LogP contribution in [0.15, 0.2) is 18.2 Å². The summed E-state index contributed by atoms with van der Waals surface area (Å²) in [5, 5.41) is 12.8. The summed E-state index contributed by atoms with van der Waals surface area (Å²) in [6.07, 6.45) is 0. The maximum atomic E-state index is 11.5. The van der Waals surface area contributed by atoms with Crippen LogP contribution in [0.3, 0.4) is 0 Å². The third kappa shape index (κ3) is 6.42. The third-order valence-corrected chi connectivity index (χ3v) is 2.57. The first kappa shape index (κ1) is 16.5. The van der Waals surface area contributed by atoms with Crippen molar-refractivity contribution in [2.24, 2.45) is 0 Å². The van der Waals surface area contributed by atoms with Crippen molar-refractivity contribution in [3.8, 4) is 5.75 Å². The van der Waals surface area contributed by atoms with E-state index in [0.717, 1.165) is 11.1 Å². The van der Waals surface area contributed by atoms with E-state index in [2.05, 4.69) is 10.6 Å². The summed E-state index contributed by atoms with van der Waals surface area (Å²) in [7, 11) is 0. The van der Waals surface area contributed by atoms with Gasteiger partial charge in [0.2, 0.25) is 5.91 Å². The number of carbonyl (C=O) groups excluding carboxylic acids is 2. The fourth-order valence-electron chi connectivity index (χ4n) is 1.57. The zero-order valence-corrected chi connectivity index (χ0v) is 11.9. The second-order valence-electron chi connectivity index (χ2n) is 4.50. The predicted molar refractivity (Wildman–Crippen MR) is 75.1 cm³/mol. The number of aliphatic carboxylic acids is 1. The van der Waals surface area contributed by atoms with E-state index in [-0.39, 0.29) is 13.2 Å². The summed E-state index contributed by atoms with van der Waals surface area (Å²) in [6.45, 7) is 2.85. The second-order valence-corrected chi connectivity index (χ2v) is 4.50. The molecule has 0 atom stereocenters. The van der Waals surface area contributed by atoms with Crippen molar-refractivity contribution in [3.63, 3.8) is 0 Å². The average molecular weight is 294 g/mol. The number of hydrogen-bond acceptors (Lipinski definition) is 4. The number of aryl methyl sites for hydroxylation is 2. The summed E-state index contributed by atoms with van der Waals surface area (Å²) >= 11 is 0. The van der Waals surface area contributed by atoms with Crippen LogP contribution < -0.4 is 15.4 Å². The lowest BCUT2D eigenvalue weighted by Gasteiger charge is -2.10. The molecule has 21 heavy (non-hydrogen) atoms. The molecule has 7 heteroatoms. The Bertz CT molecular complexity index is 542. The van der Waals surface area contributed by atoms with Crippen LogP contribution in [-0.4, -0.2) is 42.6 Å². The van der Waals surface area contributed by atoms with E-state index >= 15 is 0 Å². The molecule has 0 radical (unpaired) electrons. The Kier molecular flexibility index (Phi) is 6.19. The molecular weight excluding hydrogens is 276 g/mol. The van der Waals surface area contributed by atoms with Crippen LogP contribution in [-0.2, 0) is 14.4 Å². The summed E-state index contributed by atoms with van der Waals surface area (Å²) in [6, 6.07) is 5.59. The van der Waals surface area contributed by atoms with Gasteiger partial charge in [-0.05, 0) is 25.5 Å². The average Bonchev–Trinajstić information content (AvgIpc) is 2.41. The van der Waals surface area contributed by atoms with Crippen LogP contribution in [0.2, 0.25) is 0 Å². The number of carboxylic acids is 1. The van der Waals surface area contributed by atoms with E-state index in [9.17, 15) is 14.4 Å². The first-order chi connectivity index (χ1) is 9.88. The van der Waals surface area contributed by atoms with Gasteiger partial charge in [-0.25, -0.2) is 0 Å². The highest BCUT2D eigenvalue weighted by atomic mass is 16.5. The van der Waals surface area contributed by atoms with Gasteiger partial charge in [-0.15, -0.1) is 0 Å². The van der Waals surface area contributed by atoms with Crippen LogP contribution in [0.5, 0.6) is 5.75 Å². The smallest absolute Gasteiger partial charge is 0.322 e. The molecule has 7 nitrogen and oxygen atoms in total. The molecule has 1 aromatic carbocycles. The zero-order valence-electron chi connectivity index (χ0n) is 11.9. The largest absolute Gasteiger partial charge is 0.484 e. The van der Waals surface area contributed by atoms with Crippen molar-refractivity contribution in [1.82, 2.24) is 10.6 Å². The Morgan fingerprint density at radius 3 is 2.38 bits per heavy atom. The minimum Gasteiger partial charge on any atom is -0.484 e. The number of hydrogen-bond donors (Lipinski definition) is 3. The summed E-state index contributed by atoms with van der Waals surface area (Å²) in [4.78, 5) is 32.9. The molecule has 114 valence electrons. The van der Waals surface area contributed by atoms with E-state index < -0.39 is 24.3 Å². The normalized spacial score (nSPS) is 9.81. The number of rotatable bonds is 7. The molecule has 0 unspecified atom stereocenters. The molecule has 0 aromatic heterocycles. The lowest BCUT2D eigenvalue weighted by molar-refractivity contribution is -0.137. The van der Waals surface area contributed by atoms with Gasteiger partial charge in [0.05, 0.1) is 6.54 Å². The van der Waals surface area contributed by atoms with Crippen molar-refractivity contribution in [3.05, 3.63) is 29.3 Å². The molecule has 0 aliphatic rings. The van der Waals surface area contributed by atoms with Gasteiger partial charge in [0.1, 0.15) is 12.3 Å². The summed E-state index contributed by atoms with van der Waals surface area (Å²) in [5.74, 6) is -1.57. The molecule has 0 saturated carbocycles. The first-order valence-corrected chi connectivity index (χ1v) is 6.33. The van der Waals surface area contributed by atoms with Gasteiger partial charge in [0.25, 0.3) is 5.91 Å². The van der Waals surface area contributed by atoms with Gasteiger partial charge in [-0.1, -0.05) is 17.7 Å². The molecule has 0 spiro atoms. The zero-order chi connectivity index (χ0) is 15.8. The van der Waals surface area contributed by atoms with Gasteiger partial charge < -0.3 is 20.5 Å². The highest BCUT2D eigenvalue weighted by molar-refractivity contribution is 5.87. The second kappa shape index (κ2) is 7.88. The van der Waals surface area contributed by atoms with E-state index in [1.54, 1.807) is 6.07 Å². The third-order valence-electron chi connectivity index (χ3n) is 2.57. The number of carbonyl (C=O) groups is 3. The van der Waals surface area contributed by atoms with Gasteiger partial charge in [-0.2, -0.15) is 0 Å². The Labute approximate surface area is 122 Å². The molecule has 0 bridgehead atoms. The molecular formula is C14H18N2O5. The van der Waals surface area contributed by atoms with E-state index in [1.807, 2.05) is 26.0 Å². The van der Waals surface area contributed by atoms with Crippen LogP contribution in [0.1, 0.15) is 11.1 Å². The van der Waals surface area contributed by atoms with Crippen LogP contribution >= 0.6 is 0 Å². The lowest BCUT2D eigenvalue weighted by atomic mass is 10.1. The summed E-state index contributed by atoms with van der Waals surface area (Å²) in [5.41, 5.74) is 2.02. The van der Waals surface area contributed by atoms with Crippen molar-refractivity contribution >= 4 is 17.8 Å². The highest BCUT2D eigenvalue weighted by Crippen LogP contribution is 2.18. The Balaban J connectivity index is 2.31. The number of amides is 2. The molecule has 3 N–H and O–H groups in total. The number of benzene rings is 1. The number of carboxylic acid groups (broad SMARTS) is 1. The fraction of sp³-hybridized carbons (Fsp3) is 0.357. The minimum absolute atomic E-state index is 0.212. The van der Waals surface area contributed by atoms with E-state index in [0.29, 0.717) is 5.75 Å². The van der Waals surface area contributed by atoms with Crippen molar-refractivity contribution in [2.75, 3.05) is 19.7 Å². The standard InChI is InChI=1S/C14H18N2O5/c1-9-3-4-11(10(2)5-9)21-8-13(18)15-6-12(17)16-7-14(19)20/h3-5H,6-8H2,1-2H3,(H,15,18)(H,16,17)(H,19,20). The topological polar surface area (TPSA) is 105 Å². The quantitative estimate of drug-likeness (QED) is 0.656. The van der Waals surface area contributed by atoms with Gasteiger partial charge in [0.15, 0.2) is 6.61 Å². The predicted octanol–water partition coefficient (Wildman–Crippen LogP) is -0.000760. The van der Waals surface area contributed by atoms with Gasteiger partial charge in [0, 0.05) is 0 Å². The Morgan fingerprint density at radius 1 is 1.10 bits per heavy atom. The van der Waals surface area contributed by atoms with Crippen LogP contribution in [0.25, 0.3) is 0 Å². The fourth-order valence-corrected chi connectivity index (χ4v) is 1.57. The molecule has 0 heterocycles. The van der Waals surface area contributed by atoms with Crippen molar-refractivity contribution < 1.29 is 24.2 Å². The van der Waals surface area contributed by atoms with Gasteiger partial charge >= 0.3 is 5.97 Å². The maximum absolute atomic E-state index is 11.5. The molecule has 1 aromatic rings. The number of ether oxygens (including phenoxy) is 1. The van der Waals surface area contributed by atoms with Crippen LogP contribution in [0.4, 0.5) is 0 Å². The van der Waals surface area contributed by atoms with Crippen molar-refractivity contribution in [1.29, 1.82) is 0 Å². The first-order valence-electron chi connectivity index (χ1n) is 6.33. The molecule has 0 aliphatic carbocycles. The Hall–Kier alpha value is -2.57. The van der Waals surface area contributed by atoms with E-state index in [4.69, 9.17) is 9.84 Å². The van der Waals surface area contributed by atoms with Gasteiger partial charge in [-0.3, -0.25) is 14.4 Å². The maximum Gasteiger partial charge on any atom is 0.322 e. The number of nitrogens with one attached hydrogen (secondary N) is 2.